The van der Waals surface area contributed by atoms with Crippen LogP contribution in [0, 0.1) is 17.5 Å². The maximum Gasteiger partial charge on any atom is 0.343 e. The molecule has 13 heavy (non-hydrogen) atoms. The molecule has 0 radical (unpaired) electrons. The molecule has 0 aliphatic carbocycles. The average molecular weight is 190 g/mol. The van der Waals surface area contributed by atoms with Crippen molar-refractivity contribution >= 4 is 5.97 Å². The first-order chi connectivity index (χ1) is 6.07. The van der Waals surface area contributed by atoms with Gasteiger partial charge in [-0.3, -0.25) is 0 Å². The average Bonchev–Trinajstić information content (AvgIpc) is 2.12. The summed E-state index contributed by atoms with van der Waals surface area (Å²) in [6.07, 6.45) is 0. The van der Waals surface area contributed by atoms with E-state index in [-0.39, 0.29) is 0 Å². The Balaban J connectivity index is 3.33. The van der Waals surface area contributed by atoms with E-state index in [1.807, 2.05) is 0 Å². The third-order valence-corrected chi connectivity index (χ3v) is 1.43. The lowest BCUT2D eigenvalue weighted by atomic mass is 10.2. The van der Waals surface area contributed by atoms with Crippen molar-refractivity contribution in [3.05, 3.63) is 35.1 Å². The summed E-state index contributed by atoms with van der Waals surface area (Å²) in [5.74, 6) is -5.21. The largest absolute Gasteiger partial charge is 0.465 e. The van der Waals surface area contributed by atoms with Gasteiger partial charge in [-0.05, 0) is 12.1 Å². The van der Waals surface area contributed by atoms with Crippen molar-refractivity contribution in [1.29, 1.82) is 0 Å². The summed E-state index contributed by atoms with van der Waals surface area (Å²) in [5, 5.41) is 0. The maximum atomic E-state index is 12.8. The van der Waals surface area contributed by atoms with Crippen LogP contribution in [-0.2, 0) is 4.74 Å². The van der Waals surface area contributed by atoms with Crippen LogP contribution in [-0.4, -0.2) is 13.1 Å². The molecular weight excluding hydrogens is 185 g/mol. The van der Waals surface area contributed by atoms with E-state index < -0.39 is 29.0 Å². The molecule has 0 fully saturated rings. The fraction of sp³-hybridized carbons (Fsp3) is 0.125. The number of carbonyl (C=O) groups is 1. The second kappa shape index (κ2) is 3.47. The van der Waals surface area contributed by atoms with Gasteiger partial charge in [-0.2, -0.15) is 0 Å². The Hall–Kier alpha value is -1.52. The van der Waals surface area contributed by atoms with E-state index in [0.29, 0.717) is 12.1 Å². The SMILES string of the molecule is COC(=O)c1c(F)ccc(F)c1F. The van der Waals surface area contributed by atoms with E-state index in [1.54, 1.807) is 0 Å². The smallest absolute Gasteiger partial charge is 0.343 e. The van der Waals surface area contributed by atoms with Crippen LogP contribution < -0.4 is 0 Å². The molecule has 0 aliphatic heterocycles. The molecule has 70 valence electrons. The molecule has 0 spiro atoms. The van der Waals surface area contributed by atoms with Gasteiger partial charge in [0.05, 0.1) is 7.11 Å². The minimum atomic E-state index is -1.54. The molecule has 1 rings (SSSR count). The van der Waals surface area contributed by atoms with Gasteiger partial charge in [-0.25, -0.2) is 18.0 Å². The number of carbonyl (C=O) groups excluding carboxylic acids is 1. The molecule has 0 saturated carbocycles. The van der Waals surface area contributed by atoms with E-state index in [0.717, 1.165) is 7.11 Å². The fourth-order valence-electron chi connectivity index (χ4n) is 0.816. The van der Waals surface area contributed by atoms with Crippen LogP contribution in [0.15, 0.2) is 12.1 Å². The van der Waals surface area contributed by atoms with Crippen LogP contribution >= 0.6 is 0 Å². The summed E-state index contributed by atoms with van der Waals surface area (Å²) in [5.41, 5.74) is -1.01. The van der Waals surface area contributed by atoms with Crippen LogP contribution in [0.25, 0.3) is 0 Å². The molecule has 0 aromatic heterocycles. The molecule has 0 unspecified atom stereocenters. The number of hydrogen-bond acceptors (Lipinski definition) is 2. The van der Waals surface area contributed by atoms with Crippen molar-refractivity contribution in [3.8, 4) is 0 Å². The first-order valence-electron chi connectivity index (χ1n) is 3.29. The van der Waals surface area contributed by atoms with Crippen molar-refractivity contribution in [2.24, 2.45) is 0 Å². The van der Waals surface area contributed by atoms with Crippen molar-refractivity contribution in [2.45, 2.75) is 0 Å². The first kappa shape index (κ1) is 9.57. The molecule has 5 heteroatoms. The van der Waals surface area contributed by atoms with E-state index in [4.69, 9.17) is 0 Å². The summed E-state index contributed by atoms with van der Waals surface area (Å²) in [4.78, 5) is 10.7. The molecule has 0 bridgehead atoms. The van der Waals surface area contributed by atoms with Gasteiger partial charge in [-0.1, -0.05) is 0 Å². The van der Waals surface area contributed by atoms with Gasteiger partial charge < -0.3 is 4.74 Å². The van der Waals surface area contributed by atoms with E-state index in [1.165, 1.54) is 0 Å². The van der Waals surface area contributed by atoms with Gasteiger partial charge in [0, 0.05) is 0 Å². The lowest BCUT2D eigenvalue weighted by Gasteiger charge is -2.02. The van der Waals surface area contributed by atoms with Gasteiger partial charge in [-0.15, -0.1) is 0 Å². The van der Waals surface area contributed by atoms with E-state index in [2.05, 4.69) is 4.74 Å². The zero-order valence-corrected chi connectivity index (χ0v) is 6.61. The Bertz CT molecular complexity index is 349. The summed E-state index contributed by atoms with van der Waals surface area (Å²) in [6, 6.07) is 1.25. The van der Waals surface area contributed by atoms with Crippen molar-refractivity contribution in [3.63, 3.8) is 0 Å². The summed E-state index contributed by atoms with van der Waals surface area (Å²) in [7, 11) is 0.951. The minimum absolute atomic E-state index is 0.594. The van der Waals surface area contributed by atoms with Gasteiger partial charge in [0.15, 0.2) is 11.6 Å². The number of benzene rings is 1. The summed E-state index contributed by atoms with van der Waals surface area (Å²) in [6.45, 7) is 0. The van der Waals surface area contributed by atoms with Crippen LogP contribution in [0.3, 0.4) is 0 Å². The van der Waals surface area contributed by atoms with E-state index >= 15 is 0 Å². The Morgan fingerprint density at radius 2 is 1.77 bits per heavy atom. The highest BCUT2D eigenvalue weighted by molar-refractivity contribution is 5.89. The van der Waals surface area contributed by atoms with Crippen LogP contribution in [0.2, 0.25) is 0 Å². The van der Waals surface area contributed by atoms with Crippen molar-refractivity contribution in [2.75, 3.05) is 7.11 Å². The Morgan fingerprint density at radius 1 is 1.23 bits per heavy atom. The zero-order chi connectivity index (χ0) is 10.0. The molecule has 0 amide bonds. The molecule has 1 aromatic rings. The third-order valence-electron chi connectivity index (χ3n) is 1.43. The summed E-state index contributed by atoms with van der Waals surface area (Å²) < 4.78 is 42.1. The first-order valence-corrected chi connectivity index (χ1v) is 3.29. The van der Waals surface area contributed by atoms with Gasteiger partial charge in [0.2, 0.25) is 0 Å². The lowest BCUT2D eigenvalue weighted by molar-refractivity contribution is 0.0588. The highest BCUT2D eigenvalue weighted by atomic mass is 19.2. The standard InChI is InChI=1S/C8H5F3O2/c1-13-8(12)6-4(9)2-3-5(10)7(6)11/h2-3H,1H3. The summed E-state index contributed by atoms with van der Waals surface area (Å²) >= 11 is 0. The Kier molecular flexibility index (Phi) is 2.55. The van der Waals surface area contributed by atoms with Crippen molar-refractivity contribution < 1.29 is 22.7 Å². The number of hydrogen-bond donors (Lipinski definition) is 0. The predicted molar refractivity (Wildman–Crippen MR) is 37.7 cm³/mol. The molecule has 0 heterocycles. The molecule has 1 aromatic carbocycles. The molecule has 0 N–H and O–H groups in total. The Labute approximate surface area is 71.9 Å². The third kappa shape index (κ3) is 1.63. The van der Waals surface area contributed by atoms with Gasteiger partial charge in [0.25, 0.3) is 0 Å². The number of halogens is 3. The predicted octanol–water partition coefficient (Wildman–Crippen LogP) is 1.89. The molecule has 0 aliphatic rings. The molecule has 0 atom stereocenters. The molecule has 2 nitrogen and oxygen atoms in total. The molecular formula is C8H5F3O2. The monoisotopic (exact) mass is 190 g/mol. The van der Waals surface area contributed by atoms with Gasteiger partial charge >= 0.3 is 5.97 Å². The molecule has 0 saturated heterocycles. The van der Waals surface area contributed by atoms with Crippen LogP contribution in [0.5, 0.6) is 0 Å². The van der Waals surface area contributed by atoms with Crippen LogP contribution in [0.4, 0.5) is 13.2 Å². The minimum Gasteiger partial charge on any atom is -0.465 e. The number of rotatable bonds is 1. The number of ether oxygens (including phenoxy) is 1. The number of methoxy groups -OCH3 is 1. The normalized spacial score (nSPS) is 9.85. The van der Waals surface area contributed by atoms with E-state index in [9.17, 15) is 18.0 Å². The Morgan fingerprint density at radius 3 is 2.31 bits per heavy atom. The zero-order valence-electron chi connectivity index (χ0n) is 6.61. The van der Waals surface area contributed by atoms with Crippen LogP contribution in [0.1, 0.15) is 10.4 Å². The lowest BCUT2D eigenvalue weighted by Crippen LogP contribution is -2.09. The second-order valence-corrected chi connectivity index (χ2v) is 2.21. The second-order valence-electron chi connectivity index (χ2n) is 2.21. The quantitative estimate of drug-likeness (QED) is 0.499. The topological polar surface area (TPSA) is 26.3 Å². The maximum absolute atomic E-state index is 12.8. The highest BCUT2D eigenvalue weighted by Gasteiger charge is 2.20. The van der Waals surface area contributed by atoms with Crippen molar-refractivity contribution in [1.82, 2.24) is 0 Å². The van der Waals surface area contributed by atoms with Gasteiger partial charge in [0.1, 0.15) is 11.4 Å². The number of esters is 1. The fourth-order valence-corrected chi connectivity index (χ4v) is 0.816. The highest BCUT2D eigenvalue weighted by Crippen LogP contribution is 2.16.